The Kier molecular flexibility index (Phi) is 6.68. The quantitative estimate of drug-likeness (QED) is 0.329. The Morgan fingerprint density at radius 1 is 1.10 bits per heavy atom. The van der Waals surface area contributed by atoms with E-state index in [4.69, 9.17) is 38.7 Å². The van der Waals surface area contributed by atoms with Gasteiger partial charge in [0.05, 0.1) is 0 Å². The molecule has 0 rings (SSSR count). The molecular weight excluding hydrogens is 224 g/mol. The summed E-state index contributed by atoms with van der Waals surface area (Å²) in [4.78, 5) is 0. The van der Waals surface area contributed by atoms with Crippen LogP contribution in [0.5, 0.6) is 0 Å². The van der Waals surface area contributed by atoms with E-state index in [0.29, 0.717) is 0 Å². The summed E-state index contributed by atoms with van der Waals surface area (Å²) in [5, 5.41) is 0. The van der Waals surface area contributed by atoms with Crippen molar-refractivity contribution in [3.8, 4) is 0 Å². The van der Waals surface area contributed by atoms with Gasteiger partial charge < -0.3 is 0 Å². The van der Waals surface area contributed by atoms with Crippen LogP contribution in [-0.2, 0) is 0 Å². The van der Waals surface area contributed by atoms with Crippen molar-refractivity contribution in [3.63, 3.8) is 0 Å². The monoisotopic (exact) mass is 226 g/mol. The molecule has 10 heavy (non-hydrogen) atoms. The number of halogens is 1. The Morgan fingerprint density at radius 3 is 1.70 bits per heavy atom. The van der Waals surface area contributed by atoms with Crippen LogP contribution in [0, 0.1) is 0 Å². The Balaban J connectivity index is 3.60. The molecule has 11 radical (unpaired) electrons. The molecule has 0 amide bonds. The second-order valence-corrected chi connectivity index (χ2v) is 5.38. The summed E-state index contributed by atoms with van der Waals surface area (Å²) in [6.45, 7) is 0. The van der Waals surface area contributed by atoms with E-state index in [-0.39, 0.29) is 8.70 Å². The molecule has 0 aliphatic carbocycles. The number of rotatable bonds is 4. The molecule has 0 aromatic carbocycles. The number of hydrogen-bond donors (Lipinski definition) is 0. The molecule has 0 aromatic rings. The van der Waals surface area contributed by atoms with Gasteiger partial charge in [-0.1, -0.05) is 0 Å². The Labute approximate surface area is 81.3 Å². The van der Waals surface area contributed by atoms with E-state index in [0.717, 1.165) is 0 Å². The fraction of sp³-hybridized carbons (Fsp3) is 0. The molecule has 0 fully saturated rings. The third kappa shape index (κ3) is 5.03. The van der Waals surface area contributed by atoms with Crippen molar-refractivity contribution in [2.45, 2.75) is 0 Å². The molecule has 0 aliphatic heterocycles. The van der Waals surface area contributed by atoms with Crippen LogP contribution in [0.15, 0.2) is 0 Å². The predicted molar refractivity (Wildman–Crippen MR) is 51.8 cm³/mol. The molecule has 0 N–H and O–H groups in total. The topological polar surface area (TPSA) is 0 Å². The molecule has 35 valence electrons. The molecule has 0 aromatic heterocycles. The van der Waals surface area contributed by atoms with Gasteiger partial charge in [-0.2, -0.15) is 0 Å². The summed E-state index contributed by atoms with van der Waals surface area (Å²) in [7, 11) is 28.2. The summed E-state index contributed by atoms with van der Waals surface area (Å²) in [5.41, 5.74) is 0. The Bertz CT molecular complexity index is 76.8. The average Bonchev–Trinajstić information content (AvgIpc) is 1.81. The van der Waals surface area contributed by atoms with Crippen molar-refractivity contribution in [2.75, 3.05) is 0 Å². The van der Waals surface area contributed by atoms with Crippen molar-refractivity contribution in [3.05, 3.63) is 0 Å². The molecule has 0 spiro atoms. The van der Waals surface area contributed by atoms with Crippen LogP contribution >= 0.6 is 0 Å². The maximum absolute atomic E-state index is 5.38. The molecule has 0 atom stereocenters. The molecule has 0 unspecified atom stereocenters. The first-order valence-corrected chi connectivity index (χ1v) is 5.26. The summed E-state index contributed by atoms with van der Waals surface area (Å²) in [6, 6.07) is 0. The first kappa shape index (κ1) is 11.3. The SMILES string of the molecule is [B][B]B([I-]B([B])[B])B([B])[B]. The van der Waals surface area contributed by atoms with Crippen LogP contribution in [0.4, 0.5) is 0 Å². The molecule has 0 heterocycles. The van der Waals surface area contributed by atoms with Gasteiger partial charge in [-0.05, 0) is 0 Å². The fourth-order valence-corrected chi connectivity index (χ4v) is 2.10. The van der Waals surface area contributed by atoms with Crippen molar-refractivity contribution >= 4 is 60.8 Å². The van der Waals surface area contributed by atoms with Crippen molar-refractivity contribution in [1.29, 1.82) is 0 Å². The van der Waals surface area contributed by atoms with E-state index in [1.807, 2.05) is 0 Å². The zero-order chi connectivity index (χ0) is 8.15. The molecule has 0 aliphatic rings. The Morgan fingerprint density at radius 2 is 1.60 bits per heavy atom. The van der Waals surface area contributed by atoms with Crippen molar-refractivity contribution in [1.82, 2.24) is 0 Å². The van der Waals surface area contributed by atoms with E-state index < -0.39 is 27.2 Å². The van der Waals surface area contributed by atoms with Crippen molar-refractivity contribution < 1.29 is 20.8 Å². The third-order valence-corrected chi connectivity index (χ3v) is 3.75. The van der Waals surface area contributed by atoms with Gasteiger partial charge in [0.15, 0.2) is 0 Å². The summed E-state index contributed by atoms with van der Waals surface area (Å²) >= 11 is -0.416. The van der Waals surface area contributed by atoms with Crippen LogP contribution in [0.2, 0.25) is 0 Å². The van der Waals surface area contributed by atoms with Crippen LogP contribution in [0.25, 0.3) is 0 Å². The van der Waals surface area contributed by atoms with E-state index in [1.165, 1.54) is 7.06 Å². The van der Waals surface area contributed by atoms with Crippen LogP contribution in [0.1, 0.15) is 0 Å². The van der Waals surface area contributed by atoms with Gasteiger partial charge in [0, 0.05) is 0 Å². The molecular formula is B9I-. The molecule has 0 nitrogen and oxygen atoms in total. The van der Waals surface area contributed by atoms with Gasteiger partial charge >= 0.3 is 81.6 Å². The zero-order valence-electron chi connectivity index (χ0n) is 5.57. The average molecular weight is 224 g/mol. The van der Waals surface area contributed by atoms with Gasteiger partial charge in [-0.25, -0.2) is 0 Å². The van der Waals surface area contributed by atoms with Gasteiger partial charge in [-0.15, -0.1) is 0 Å². The normalized spacial score (nSPS) is 8.80. The molecule has 0 saturated carbocycles. The second kappa shape index (κ2) is 5.90. The first-order chi connectivity index (χ1) is 4.57. The van der Waals surface area contributed by atoms with Crippen molar-refractivity contribution in [2.24, 2.45) is 0 Å². The van der Waals surface area contributed by atoms with E-state index in [9.17, 15) is 0 Å². The second-order valence-electron chi connectivity index (χ2n) is 1.78. The molecule has 10 heteroatoms. The van der Waals surface area contributed by atoms with E-state index in [1.54, 1.807) is 0 Å². The standard InChI is InChI=1S/B9I/c1-6-9(7(2)3)10-8(4)5/q-1. The van der Waals surface area contributed by atoms with Gasteiger partial charge in [-0.3, -0.25) is 0 Å². The summed E-state index contributed by atoms with van der Waals surface area (Å²) in [6.07, 6.45) is -0.424. The Hall–Kier alpha value is 1.31. The fourth-order valence-electron chi connectivity index (χ4n) is 0.422. The number of hydrogen-bond acceptors (Lipinski definition) is 0. The van der Waals surface area contributed by atoms with E-state index >= 15 is 0 Å². The predicted octanol–water partition coefficient (Wildman–Crippen LogP) is -6.42. The van der Waals surface area contributed by atoms with Crippen LogP contribution < -0.4 is 20.8 Å². The van der Waals surface area contributed by atoms with Gasteiger partial charge in [0.1, 0.15) is 0 Å². The minimum absolute atomic E-state index is 0.0128. The van der Waals surface area contributed by atoms with Crippen LogP contribution in [0.3, 0.4) is 0 Å². The van der Waals surface area contributed by atoms with Crippen LogP contribution in [-0.4, -0.2) is 60.8 Å². The molecule has 0 saturated heterocycles. The zero-order valence-corrected chi connectivity index (χ0v) is 7.73. The maximum atomic E-state index is 5.38. The summed E-state index contributed by atoms with van der Waals surface area (Å²) < 4.78 is -0.281. The third-order valence-electron chi connectivity index (χ3n) is 0.843. The van der Waals surface area contributed by atoms with Gasteiger partial charge in [0.2, 0.25) is 0 Å². The molecule has 0 bridgehead atoms. The van der Waals surface area contributed by atoms with Gasteiger partial charge in [0.25, 0.3) is 0 Å². The minimum atomic E-state index is -0.424. The first-order valence-electron chi connectivity index (χ1n) is 2.77. The van der Waals surface area contributed by atoms with E-state index in [2.05, 4.69) is 0 Å². The summed E-state index contributed by atoms with van der Waals surface area (Å²) in [5.74, 6) is 0.